The smallest absolute Gasteiger partial charge is 0.270 e. The van der Waals surface area contributed by atoms with E-state index in [1.165, 1.54) is 38.8 Å². The highest BCUT2D eigenvalue weighted by molar-refractivity contribution is 5.96. The van der Waals surface area contributed by atoms with Crippen LogP contribution in [0.3, 0.4) is 0 Å². The number of hydrogen-bond acceptors (Lipinski definition) is 4. The first-order chi connectivity index (χ1) is 11.2. The van der Waals surface area contributed by atoms with Crippen molar-refractivity contribution < 1.29 is 9.21 Å². The molecule has 3 saturated heterocycles. The number of hydrogen-bond donors (Lipinski definition) is 1. The second-order valence-corrected chi connectivity index (χ2v) is 7.31. The predicted molar refractivity (Wildman–Crippen MR) is 86.3 cm³/mol. The number of pyridine rings is 1. The Kier molecular flexibility index (Phi) is 2.69. The number of piperidine rings is 3. The molecule has 1 aliphatic carbocycles. The largest absolute Gasteiger partial charge is 0.462 e. The zero-order valence-corrected chi connectivity index (χ0v) is 13.3. The Morgan fingerprint density at radius 2 is 2.17 bits per heavy atom. The van der Waals surface area contributed by atoms with Crippen LogP contribution in [0.5, 0.6) is 0 Å². The number of aromatic nitrogens is 1. The molecule has 0 unspecified atom stereocenters. The molecule has 5 heterocycles. The molecule has 4 fully saturated rings. The van der Waals surface area contributed by atoms with Crippen molar-refractivity contribution in [1.82, 2.24) is 15.2 Å². The summed E-state index contributed by atoms with van der Waals surface area (Å²) in [6.45, 7) is 4.30. The zero-order chi connectivity index (χ0) is 15.6. The molecule has 5 nitrogen and oxygen atoms in total. The van der Waals surface area contributed by atoms with E-state index in [0.717, 1.165) is 16.7 Å². The zero-order valence-electron chi connectivity index (χ0n) is 13.3. The van der Waals surface area contributed by atoms with E-state index in [2.05, 4.69) is 15.2 Å². The van der Waals surface area contributed by atoms with Gasteiger partial charge in [0.1, 0.15) is 5.69 Å². The van der Waals surface area contributed by atoms with Gasteiger partial charge in [-0.3, -0.25) is 9.69 Å². The Morgan fingerprint density at radius 1 is 1.39 bits per heavy atom. The molecule has 4 aliphatic rings. The molecule has 6 rings (SSSR count). The minimum Gasteiger partial charge on any atom is -0.462 e. The van der Waals surface area contributed by atoms with Crippen LogP contribution in [0.1, 0.15) is 41.9 Å². The average molecular weight is 311 g/mol. The quantitative estimate of drug-likeness (QED) is 0.926. The number of nitrogens with one attached hydrogen (secondary N) is 1. The van der Waals surface area contributed by atoms with Gasteiger partial charge in [0, 0.05) is 10.9 Å². The van der Waals surface area contributed by atoms with Gasteiger partial charge >= 0.3 is 0 Å². The molecule has 0 aromatic carbocycles. The summed E-state index contributed by atoms with van der Waals surface area (Å²) in [4.78, 5) is 19.9. The number of nitrogens with zero attached hydrogens (tertiary/aromatic N) is 2. The summed E-state index contributed by atoms with van der Waals surface area (Å²) in [6, 6.07) is 4.01. The van der Waals surface area contributed by atoms with Crippen molar-refractivity contribution in [3.8, 4) is 0 Å². The molecule has 23 heavy (non-hydrogen) atoms. The number of carbonyl (C=O) groups excluding carboxylic acids is 1. The van der Waals surface area contributed by atoms with Gasteiger partial charge in [0.25, 0.3) is 5.91 Å². The van der Waals surface area contributed by atoms with Gasteiger partial charge in [-0.1, -0.05) is 0 Å². The Hall–Kier alpha value is -1.88. The number of rotatable bonds is 2. The van der Waals surface area contributed by atoms with Crippen molar-refractivity contribution in [1.29, 1.82) is 0 Å². The second-order valence-electron chi connectivity index (χ2n) is 7.31. The normalized spacial score (nSPS) is 30.7. The fourth-order valence-electron chi connectivity index (χ4n) is 4.79. The molecular formula is C18H21N3O2. The van der Waals surface area contributed by atoms with Crippen LogP contribution in [0, 0.1) is 12.8 Å². The Balaban J connectivity index is 1.44. The van der Waals surface area contributed by atoms with E-state index in [0.29, 0.717) is 17.7 Å². The summed E-state index contributed by atoms with van der Waals surface area (Å²) < 4.78 is 5.42. The molecule has 2 aromatic rings. The number of amides is 1. The minimum atomic E-state index is -0.0405. The number of carbonyl (C=O) groups is 1. The summed E-state index contributed by atoms with van der Waals surface area (Å²) in [5, 5.41) is 4.27. The van der Waals surface area contributed by atoms with Crippen LogP contribution in [0.25, 0.3) is 11.0 Å². The maximum Gasteiger partial charge on any atom is 0.270 e. The summed E-state index contributed by atoms with van der Waals surface area (Å²) >= 11 is 0. The predicted octanol–water partition coefficient (Wildman–Crippen LogP) is 2.49. The highest BCUT2D eigenvalue weighted by atomic mass is 16.3. The standard InChI is InChI=1S/C18H21N3O2/c1-11-15-13(4-9-23-15)10-14(19-11)17(22)20-16-12-2-7-21(8-3-12)18(16)5-6-18/h4,9-10,12,16H,2-3,5-8H2,1H3,(H,20,22)/t16-/m1/s1. The van der Waals surface area contributed by atoms with E-state index in [1.54, 1.807) is 6.26 Å². The topological polar surface area (TPSA) is 58.4 Å². The summed E-state index contributed by atoms with van der Waals surface area (Å²) in [5.41, 5.74) is 2.30. The van der Waals surface area contributed by atoms with Crippen LogP contribution >= 0.6 is 0 Å². The number of furan rings is 1. The van der Waals surface area contributed by atoms with Crippen LogP contribution < -0.4 is 5.32 Å². The average Bonchev–Trinajstić information content (AvgIpc) is 3.18. The van der Waals surface area contributed by atoms with Crippen LogP contribution in [-0.4, -0.2) is 40.5 Å². The van der Waals surface area contributed by atoms with Crippen LogP contribution in [0.2, 0.25) is 0 Å². The monoisotopic (exact) mass is 311 g/mol. The van der Waals surface area contributed by atoms with Crippen molar-refractivity contribution >= 4 is 16.9 Å². The lowest BCUT2D eigenvalue weighted by atomic mass is 9.77. The van der Waals surface area contributed by atoms with Gasteiger partial charge in [-0.05, 0) is 63.7 Å². The molecule has 1 N–H and O–H groups in total. The number of fused-ring (bicyclic) bond motifs is 3. The highest BCUT2D eigenvalue weighted by Crippen LogP contribution is 2.53. The first-order valence-electron chi connectivity index (χ1n) is 8.58. The first-order valence-corrected chi connectivity index (χ1v) is 8.58. The fourth-order valence-corrected chi connectivity index (χ4v) is 4.79. The van der Waals surface area contributed by atoms with Crippen molar-refractivity contribution in [2.75, 3.05) is 13.1 Å². The molecule has 2 aromatic heterocycles. The number of aryl methyl sites for hydroxylation is 1. The fraction of sp³-hybridized carbons (Fsp3) is 0.556. The maximum absolute atomic E-state index is 12.8. The van der Waals surface area contributed by atoms with Crippen molar-refractivity contribution in [3.05, 3.63) is 29.8 Å². The van der Waals surface area contributed by atoms with Crippen molar-refractivity contribution in [3.63, 3.8) is 0 Å². The van der Waals surface area contributed by atoms with Gasteiger partial charge in [0.05, 0.1) is 18.0 Å². The second kappa shape index (κ2) is 4.57. The third-order valence-corrected chi connectivity index (χ3v) is 6.11. The lowest BCUT2D eigenvalue weighted by Gasteiger charge is -2.52. The van der Waals surface area contributed by atoms with Gasteiger partial charge in [0.2, 0.25) is 0 Å². The lowest BCUT2D eigenvalue weighted by Crippen LogP contribution is -2.65. The molecule has 120 valence electrons. The van der Waals surface area contributed by atoms with Crippen LogP contribution in [-0.2, 0) is 0 Å². The molecule has 0 radical (unpaired) electrons. The third-order valence-electron chi connectivity index (χ3n) is 6.11. The highest BCUT2D eigenvalue weighted by Gasteiger charge is 2.60. The van der Waals surface area contributed by atoms with E-state index in [9.17, 15) is 4.79 Å². The summed E-state index contributed by atoms with van der Waals surface area (Å²) in [6.07, 6.45) is 6.51. The molecular weight excluding hydrogens is 290 g/mol. The van der Waals surface area contributed by atoms with E-state index < -0.39 is 0 Å². The Morgan fingerprint density at radius 3 is 2.91 bits per heavy atom. The lowest BCUT2D eigenvalue weighted by molar-refractivity contribution is -0.00152. The van der Waals surface area contributed by atoms with Gasteiger partial charge in [0.15, 0.2) is 5.58 Å². The maximum atomic E-state index is 12.8. The minimum absolute atomic E-state index is 0.0405. The van der Waals surface area contributed by atoms with Crippen LogP contribution in [0.15, 0.2) is 22.8 Å². The summed E-state index contributed by atoms with van der Waals surface area (Å²) in [7, 11) is 0. The van der Waals surface area contributed by atoms with E-state index in [1.807, 2.05) is 19.1 Å². The van der Waals surface area contributed by atoms with Gasteiger partial charge in [-0.15, -0.1) is 0 Å². The van der Waals surface area contributed by atoms with Gasteiger partial charge < -0.3 is 9.73 Å². The Labute approximate surface area is 135 Å². The Bertz CT molecular complexity index is 785. The van der Waals surface area contributed by atoms with E-state index in [-0.39, 0.29) is 11.4 Å². The van der Waals surface area contributed by atoms with Gasteiger partial charge in [-0.2, -0.15) is 0 Å². The molecule has 1 saturated carbocycles. The molecule has 5 heteroatoms. The molecule has 1 amide bonds. The molecule has 2 bridgehead atoms. The summed E-state index contributed by atoms with van der Waals surface area (Å²) in [5.74, 6) is 0.589. The third kappa shape index (κ3) is 1.89. The van der Waals surface area contributed by atoms with Crippen molar-refractivity contribution in [2.24, 2.45) is 5.92 Å². The molecule has 1 atom stereocenters. The van der Waals surface area contributed by atoms with E-state index in [4.69, 9.17) is 4.42 Å². The SMILES string of the molecule is Cc1nc(C(=O)N[C@@H]2C3CCN(CC3)C23CC3)cc2ccoc12. The molecule has 1 spiro atoms. The van der Waals surface area contributed by atoms with Crippen molar-refractivity contribution in [2.45, 2.75) is 44.2 Å². The van der Waals surface area contributed by atoms with Gasteiger partial charge in [-0.25, -0.2) is 4.98 Å². The molecule has 3 aliphatic heterocycles. The van der Waals surface area contributed by atoms with Crippen LogP contribution in [0.4, 0.5) is 0 Å². The van der Waals surface area contributed by atoms with E-state index >= 15 is 0 Å². The first kappa shape index (κ1) is 13.5.